The Morgan fingerprint density at radius 1 is 0.536 bits per heavy atom. The molecule has 0 atom stereocenters. The Balaban J connectivity index is 2.36. The monoisotopic (exact) mass is 454 g/mol. The van der Waals surface area contributed by atoms with Crippen LogP contribution in [0, 0.1) is 10.8 Å². The average Bonchev–Trinajstić information content (AvgIpc) is 2.56. The highest BCUT2D eigenvalue weighted by atomic mass is 35.5. The second kappa shape index (κ2) is 6.95. The lowest BCUT2D eigenvalue weighted by molar-refractivity contribution is 0.361. The first-order valence-electron chi connectivity index (χ1n) is 9.40. The van der Waals surface area contributed by atoms with E-state index in [1.165, 1.54) is 0 Å². The number of halogens is 4. The first-order chi connectivity index (χ1) is 12.7. The van der Waals surface area contributed by atoms with Crippen LogP contribution >= 0.6 is 46.4 Å². The Morgan fingerprint density at radius 2 is 0.857 bits per heavy atom. The summed E-state index contributed by atoms with van der Waals surface area (Å²) in [6.45, 7) is 12.3. The van der Waals surface area contributed by atoms with Crippen molar-refractivity contribution >= 4 is 67.9 Å². The van der Waals surface area contributed by atoms with Gasteiger partial charge in [-0.25, -0.2) is 0 Å². The van der Waals surface area contributed by atoms with Crippen molar-refractivity contribution in [2.24, 2.45) is 10.8 Å². The minimum absolute atomic E-state index is 0.325. The molecule has 0 unspecified atom stereocenters. The summed E-state index contributed by atoms with van der Waals surface area (Å²) in [5.74, 6) is 0. The second-order valence-electron chi connectivity index (χ2n) is 9.55. The first kappa shape index (κ1) is 22.0. The van der Waals surface area contributed by atoms with E-state index in [1.54, 1.807) is 0 Å². The maximum Gasteiger partial charge on any atom is 0.148 e. The van der Waals surface area contributed by atoms with Crippen LogP contribution in [0.5, 0.6) is 0 Å². The van der Waals surface area contributed by atoms with Gasteiger partial charge in [0.15, 0.2) is 0 Å². The topological polar surface area (TPSA) is 0 Å². The summed E-state index contributed by atoms with van der Waals surface area (Å²) >= 11 is 27.4. The SMILES string of the molecule is CC(C)(C)C(Cl)(Cl)c1cccc2cc3c(C(Cl)(Cl)C(C)(C)C)cccc3cc12. The molecule has 3 aromatic rings. The lowest BCUT2D eigenvalue weighted by atomic mass is 9.82. The third-order valence-electron chi connectivity index (χ3n) is 5.44. The van der Waals surface area contributed by atoms with E-state index in [0.29, 0.717) is 0 Å². The minimum atomic E-state index is -1.02. The highest BCUT2D eigenvalue weighted by Gasteiger charge is 2.42. The van der Waals surface area contributed by atoms with E-state index in [9.17, 15) is 0 Å². The largest absolute Gasteiger partial charge is 0.148 e. The van der Waals surface area contributed by atoms with Crippen LogP contribution in [-0.2, 0) is 8.67 Å². The summed E-state index contributed by atoms with van der Waals surface area (Å²) in [7, 11) is 0. The number of rotatable bonds is 2. The number of hydrogen-bond acceptors (Lipinski definition) is 0. The van der Waals surface area contributed by atoms with E-state index >= 15 is 0 Å². The molecule has 3 rings (SSSR count). The van der Waals surface area contributed by atoms with Gasteiger partial charge >= 0.3 is 0 Å². The van der Waals surface area contributed by atoms with Gasteiger partial charge in [-0.3, -0.25) is 0 Å². The van der Waals surface area contributed by atoms with Crippen LogP contribution in [-0.4, -0.2) is 0 Å². The highest BCUT2D eigenvalue weighted by molar-refractivity contribution is 6.50. The van der Waals surface area contributed by atoms with Gasteiger partial charge in [-0.2, -0.15) is 0 Å². The van der Waals surface area contributed by atoms with Crippen LogP contribution in [0.2, 0.25) is 0 Å². The molecule has 0 saturated carbocycles. The molecule has 0 saturated heterocycles. The van der Waals surface area contributed by atoms with E-state index in [2.05, 4.69) is 24.3 Å². The molecule has 28 heavy (non-hydrogen) atoms. The van der Waals surface area contributed by atoms with Crippen molar-refractivity contribution in [2.45, 2.75) is 50.2 Å². The molecule has 0 radical (unpaired) electrons. The third kappa shape index (κ3) is 3.52. The van der Waals surface area contributed by atoms with Crippen molar-refractivity contribution in [3.05, 3.63) is 59.7 Å². The lowest BCUT2D eigenvalue weighted by Gasteiger charge is -2.36. The number of alkyl halides is 4. The zero-order valence-corrected chi connectivity index (χ0v) is 20.2. The van der Waals surface area contributed by atoms with Gasteiger partial charge in [0.25, 0.3) is 0 Å². The van der Waals surface area contributed by atoms with Gasteiger partial charge in [-0.05, 0) is 55.6 Å². The van der Waals surface area contributed by atoms with E-state index in [0.717, 1.165) is 32.7 Å². The van der Waals surface area contributed by atoms with Crippen molar-refractivity contribution in [1.82, 2.24) is 0 Å². The molecule has 0 N–H and O–H groups in total. The Morgan fingerprint density at radius 3 is 1.14 bits per heavy atom. The molecular weight excluding hydrogens is 430 g/mol. The maximum absolute atomic E-state index is 6.85. The fourth-order valence-electron chi connectivity index (χ4n) is 3.41. The van der Waals surface area contributed by atoms with Gasteiger partial charge in [0, 0.05) is 0 Å². The fraction of sp³-hybridized carbons (Fsp3) is 0.417. The molecule has 0 nitrogen and oxygen atoms in total. The number of benzene rings is 3. The molecule has 0 aliphatic rings. The van der Waals surface area contributed by atoms with Crippen molar-refractivity contribution in [1.29, 1.82) is 0 Å². The summed E-state index contributed by atoms with van der Waals surface area (Å²) in [5.41, 5.74) is 1.17. The summed E-state index contributed by atoms with van der Waals surface area (Å²) in [5, 5.41) is 4.20. The van der Waals surface area contributed by atoms with Crippen molar-refractivity contribution < 1.29 is 0 Å². The molecule has 0 amide bonds. The van der Waals surface area contributed by atoms with Crippen LogP contribution in [0.3, 0.4) is 0 Å². The van der Waals surface area contributed by atoms with Crippen LogP contribution < -0.4 is 0 Å². The second-order valence-corrected chi connectivity index (χ2v) is 12.2. The smallest absolute Gasteiger partial charge is 0.0957 e. The van der Waals surface area contributed by atoms with Gasteiger partial charge in [-0.15, -0.1) is 0 Å². The number of fused-ring (bicyclic) bond motifs is 2. The lowest BCUT2D eigenvalue weighted by Crippen LogP contribution is -2.29. The molecule has 0 heterocycles. The zero-order valence-electron chi connectivity index (χ0n) is 17.1. The molecule has 0 aromatic heterocycles. The molecule has 0 aliphatic heterocycles. The minimum Gasteiger partial charge on any atom is -0.0957 e. The first-order valence-corrected chi connectivity index (χ1v) is 10.9. The molecule has 0 aliphatic carbocycles. The van der Waals surface area contributed by atoms with E-state index in [1.807, 2.05) is 65.8 Å². The van der Waals surface area contributed by atoms with Crippen molar-refractivity contribution in [3.8, 4) is 0 Å². The number of hydrogen-bond donors (Lipinski definition) is 0. The van der Waals surface area contributed by atoms with Gasteiger partial charge in [0.1, 0.15) is 8.67 Å². The van der Waals surface area contributed by atoms with Gasteiger partial charge < -0.3 is 0 Å². The van der Waals surface area contributed by atoms with Gasteiger partial charge in [0.2, 0.25) is 0 Å². The Hall–Kier alpha value is -0.660. The Bertz CT molecular complexity index is 949. The fourth-order valence-corrected chi connectivity index (χ4v) is 4.07. The zero-order chi connectivity index (χ0) is 21.1. The summed E-state index contributed by atoms with van der Waals surface area (Å²) in [6, 6.07) is 16.4. The van der Waals surface area contributed by atoms with Gasteiger partial charge in [0.05, 0.1) is 0 Å². The van der Waals surface area contributed by atoms with E-state index in [4.69, 9.17) is 46.4 Å². The van der Waals surface area contributed by atoms with Crippen molar-refractivity contribution in [2.75, 3.05) is 0 Å². The summed E-state index contributed by atoms with van der Waals surface area (Å²) in [6.07, 6.45) is 0. The molecule has 3 aromatic carbocycles. The third-order valence-corrected chi connectivity index (χ3v) is 8.52. The van der Waals surface area contributed by atoms with Gasteiger partial charge in [-0.1, -0.05) is 124 Å². The van der Waals surface area contributed by atoms with E-state index < -0.39 is 8.67 Å². The Kier molecular flexibility index (Phi) is 5.47. The average molecular weight is 456 g/mol. The molecule has 4 heteroatoms. The summed E-state index contributed by atoms with van der Waals surface area (Å²) in [4.78, 5) is 0. The molecule has 0 fully saturated rings. The predicted molar refractivity (Wildman–Crippen MR) is 127 cm³/mol. The molecule has 0 spiro atoms. The van der Waals surface area contributed by atoms with Crippen LogP contribution in [0.15, 0.2) is 48.5 Å². The normalized spacial score (nSPS) is 14.1. The standard InChI is InChI=1S/C24H26Cl4/c1-21(2,3)23(25,26)19-11-7-9-15-14-18-16(13-17(15)19)10-8-12-20(18)24(27,28)22(4,5)6/h7-14H,1-6H3. The molecule has 0 bridgehead atoms. The highest BCUT2D eigenvalue weighted by Crippen LogP contribution is 2.53. The predicted octanol–water partition coefficient (Wildman–Crippen LogP) is 9.35. The van der Waals surface area contributed by atoms with Crippen molar-refractivity contribution in [3.63, 3.8) is 0 Å². The Labute approximate surface area is 188 Å². The molecule has 150 valence electrons. The quantitative estimate of drug-likeness (QED) is 0.266. The van der Waals surface area contributed by atoms with Crippen LogP contribution in [0.25, 0.3) is 21.5 Å². The molecular formula is C24H26Cl4. The van der Waals surface area contributed by atoms with E-state index in [-0.39, 0.29) is 10.8 Å². The van der Waals surface area contributed by atoms with Crippen LogP contribution in [0.1, 0.15) is 52.7 Å². The van der Waals surface area contributed by atoms with Crippen LogP contribution in [0.4, 0.5) is 0 Å². The summed E-state index contributed by atoms with van der Waals surface area (Å²) < 4.78 is -2.04. The maximum atomic E-state index is 6.85.